The lowest BCUT2D eigenvalue weighted by Gasteiger charge is -2.04. The minimum absolute atomic E-state index is 0.149. The molecule has 1 aromatic heterocycles. The molecule has 3 aromatic rings. The minimum atomic E-state index is -1.02. The van der Waals surface area contributed by atoms with E-state index in [1.165, 1.54) is 6.07 Å². The highest BCUT2D eigenvalue weighted by Gasteiger charge is 2.18. The first-order chi connectivity index (χ1) is 11.1. The number of carbonyl (C=O) groups excluding carboxylic acids is 1. The van der Waals surface area contributed by atoms with Crippen LogP contribution in [0.3, 0.4) is 0 Å². The van der Waals surface area contributed by atoms with E-state index in [0.717, 1.165) is 17.2 Å². The summed E-state index contributed by atoms with van der Waals surface area (Å²) in [6, 6.07) is 14.7. The number of nitrogens with zero attached hydrogens (tertiary/aromatic N) is 1. The molecule has 0 fully saturated rings. The third-order valence-corrected chi connectivity index (χ3v) is 3.88. The molecule has 1 N–H and O–H groups in total. The van der Waals surface area contributed by atoms with Crippen LogP contribution in [-0.4, -0.2) is 21.4 Å². The Labute approximate surface area is 134 Å². The Morgan fingerprint density at radius 2 is 1.83 bits per heavy atom. The van der Waals surface area contributed by atoms with Crippen LogP contribution < -0.4 is 0 Å². The van der Waals surface area contributed by atoms with Crippen LogP contribution in [0, 0.1) is 0 Å². The van der Waals surface area contributed by atoms with Gasteiger partial charge in [-0.2, -0.15) is 0 Å². The molecule has 2 aromatic carbocycles. The number of rotatable bonds is 5. The van der Waals surface area contributed by atoms with Crippen molar-refractivity contribution in [1.82, 2.24) is 4.57 Å². The number of aromatic carboxylic acids is 1. The van der Waals surface area contributed by atoms with Gasteiger partial charge in [-0.1, -0.05) is 49.4 Å². The molecule has 0 unspecified atom stereocenters. The number of carboxylic acids is 1. The Bertz CT molecular complexity index is 887. The van der Waals surface area contributed by atoms with Crippen molar-refractivity contribution in [2.24, 2.45) is 0 Å². The van der Waals surface area contributed by atoms with E-state index in [1.807, 2.05) is 43.3 Å². The number of carboxylic acid groups (broad SMARTS) is 1. The van der Waals surface area contributed by atoms with Gasteiger partial charge in [0, 0.05) is 23.9 Å². The summed E-state index contributed by atoms with van der Waals surface area (Å²) < 4.78 is 1.63. The molecule has 0 amide bonds. The zero-order valence-electron chi connectivity index (χ0n) is 12.8. The first kappa shape index (κ1) is 15.0. The molecule has 4 heteroatoms. The molecular formula is C19H17NO3. The summed E-state index contributed by atoms with van der Waals surface area (Å²) in [4.78, 5) is 24.2. The van der Waals surface area contributed by atoms with Crippen LogP contribution in [0.25, 0.3) is 10.8 Å². The molecule has 0 aliphatic rings. The molecular weight excluding hydrogens is 290 g/mol. The zero-order chi connectivity index (χ0) is 16.4. The van der Waals surface area contributed by atoms with Gasteiger partial charge in [-0.05, 0) is 23.3 Å². The number of fused-ring (bicyclic) bond motifs is 1. The first-order valence-corrected chi connectivity index (χ1v) is 7.57. The van der Waals surface area contributed by atoms with Crippen molar-refractivity contribution < 1.29 is 14.7 Å². The molecule has 1 heterocycles. The topological polar surface area (TPSA) is 59.3 Å². The van der Waals surface area contributed by atoms with Crippen LogP contribution in [0.1, 0.15) is 39.8 Å². The fraction of sp³-hybridized carbons (Fsp3) is 0.158. The smallest absolute Gasteiger partial charge is 0.352 e. The van der Waals surface area contributed by atoms with Crippen LogP contribution in [0.5, 0.6) is 0 Å². The molecule has 0 aliphatic heterocycles. The largest absolute Gasteiger partial charge is 0.477 e. The van der Waals surface area contributed by atoms with E-state index in [9.17, 15) is 14.7 Å². The van der Waals surface area contributed by atoms with Crippen molar-refractivity contribution in [1.29, 1.82) is 0 Å². The first-order valence-electron chi connectivity index (χ1n) is 7.57. The predicted octanol–water partition coefficient (Wildman–Crippen LogP) is 3.98. The summed E-state index contributed by atoms with van der Waals surface area (Å²) in [5, 5.41) is 11.2. The van der Waals surface area contributed by atoms with Crippen LogP contribution in [0.4, 0.5) is 0 Å². The van der Waals surface area contributed by atoms with Crippen molar-refractivity contribution in [3.8, 4) is 0 Å². The number of hydrogen-bond donors (Lipinski definition) is 1. The Hall–Kier alpha value is -2.88. The maximum atomic E-state index is 12.8. The quantitative estimate of drug-likeness (QED) is 0.725. The van der Waals surface area contributed by atoms with Gasteiger partial charge in [0.15, 0.2) is 5.78 Å². The molecule has 0 saturated heterocycles. The summed E-state index contributed by atoms with van der Waals surface area (Å²) >= 11 is 0. The van der Waals surface area contributed by atoms with Crippen LogP contribution in [-0.2, 0) is 6.54 Å². The second-order valence-electron chi connectivity index (χ2n) is 5.47. The maximum Gasteiger partial charge on any atom is 0.352 e. The summed E-state index contributed by atoms with van der Waals surface area (Å²) in [5.74, 6) is -1.17. The average molecular weight is 307 g/mol. The fourth-order valence-electron chi connectivity index (χ4n) is 2.82. The highest BCUT2D eigenvalue weighted by atomic mass is 16.4. The summed E-state index contributed by atoms with van der Waals surface area (Å²) in [7, 11) is 0. The number of aryl methyl sites for hydroxylation is 1. The highest BCUT2D eigenvalue weighted by molar-refractivity contribution is 6.16. The molecule has 0 spiro atoms. The fourth-order valence-corrected chi connectivity index (χ4v) is 2.82. The zero-order valence-corrected chi connectivity index (χ0v) is 12.8. The standard InChI is InChI=1S/C19H17NO3/c1-2-10-20-12-14(11-17(20)19(22)23)18(21)16-9-5-7-13-6-3-4-8-15(13)16/h3-9,11-12H,2,10H2,1H3,(H,22,23). The van der Waals surface area contributed by atoms with E-state index in [-0.39, 0.29) is 11.5 Å². The second-order valence-corrected chi connectivity index (χ2v) is 5.47. The van der Waals surface area contributed by atoms with Crippen LogP contribution in [0.15, 0.2) is 54.7 Å². The molecule has 0 bridgehead atoms. The molecule has 0 aliphatic carbocycles. The van der Waals surface area contributed by atoms with E-state index >= 15 is 0 Å². The molecule has 23 heavy (non-hydrogen) atoms. The number of hydrogen-bond acceptors (Lipinski definition) is 2. The number of benzene rings is 2. The second kappa shape index (κ2) is 6.08. The molecule has 0 radical (unpaired) electrons. The molecule has 0 saturated carbocycles. The third kappa shape index (κ3) is 2.75. The van der Waals surface area contributed by atoms with Gasteiger partial charge in [0.25, 0.3) is 0 Å². The Morgan fingerprint density at radius 1 is 1.09 bits per heavy atom. The Kier molecular flexibility index (Phi) is 3.98. The van der Waals surface area contributed by atoms with Crippen molar-refractivity contribution in [2.75, 3.05) is 0 Å². The van der Waals surface area contributed by atoms with Crippen molar-refractivity contribution in [3.63, 3.8) is 0 Å². The van der Waals surface area contributed by atoms with Crippen molar-refractivity contribution in [3.05, 3.63) is 71.5 Å². The van der Waals surface area contributed by atoms with E-state index < -0.39 is 5.97 Å². The summed E-state index contributed by atoms with van der Waals surface area (Å²) in [5.41, 5.74) is 1.15. The van der Waals surface area contributed by atoms with Gasteiger partial charge in [-0.15, -0.1) is 0 Å². The van der Waals surface area contributed by atoms with Gasteiger partial charge < -0.3 is 9.67 Å². The Balaban J connectivity index is 2.09. The normalized spacial score (nSPS) is 10.8. The summed E-state index contributed by atoms with van der Waals surface area (Å²) in [6.07, 6.45) is 2.44. The lowest BCUT2D eigenvalue weighted by molar-refractivity contribution is 0.0685. The lowest BCUT2D eigenvalue weighted by Crippen LogP contribution is -2.06. The maximum absolute atomic E-state index is 12.8. The molecule has 3 rings (SSSR count). The van der Waals surface area contributed by atoms with Gasteiger partial charge >= 0.3 is 5.97 Å². The van der Waals surface area contributed by atoms with Crippen LogP contribution >= 0.6 is 0 Å². The van der Waals surface area contributed by atoms with Gasteiger partial charge in [0.05, 0.1) is 0 Å². The van der Waals surface area contributed by atoms with E-state index in [2.05, 4.69) is 0 Å². The lowest BCUT2D eigenvalue weighted by atomic mass is 9.98. The Morgan fingerprint density at radius 3 is 2.57 bits per heavy atom. The van der Waals surface area contributed by atoms with Crippen LogP contribution in [0.2, 0.25) is 0 Å². The molecule has 4 nitrogen and oxygen atoms in total. The van der Waals surface area contributed by atoms with E-state index in [0.29, 0.717) is 17.7 Å². The minimum Gasteiger partial charge on any atom is -0.477 e. The van der Waals surface area contributed by atoms with Gasteiger partial charge in [-0.25, -0.2) is 4.79 Å². The van der Waals surface area contributed by atoms with Crippen molar-refractivity contribution >= 4 is 22.5 Å². The molecule has 116 valence electrons. The third-order valence-electron chi connectivity index (χ3n) is 3.88. The number of ketones is 1. The average Bonchev–Trinajstić information content (AvgIpc) is 2.98. The number of aromatic nitrogens is 1. The summed E-state index contributed by atoms with van der Waals surface area (Å²) in [6.45, 7) is 2.54. The highest BCUT2D eigenvalue weighted by Crippen LogP contribution is 2.22. The van der Waals surface area contributed by atoms with Gasteiger partial charge in [0.1, 0.15) is 5.69 Å². The predicted molar refractivity (Wildman–Crippen MR) is 89.1 cm³/mol. The van der Waals surface area contributed by atoms with E-state index in [1.54, 1.807) is 16.8 Å². The van der Waals surface area contributed by atoms with Crippen molar-refractivity contribution in [2.45, 2.75) is 19.9 Å². The molecule has 0 atom stereocenters. The SMILES string of the molecule is CCCn1cc(C(=O)c2cccc3ccccc23)cc1C(=O)O. The van der Waals surface area contributed by atoms with E-state index in [4.69, 9.17) is 0 Å². The monoisotopic (exact) mass is 307 g/mol. The van der Waals surface area contributed by atoms with Gasteiger partial charge in [0.2, 0.25) is 0 Å². The van der Waals surface area contributed by atoms with Gasteiger partial charge in [-0.3, -0.25) is 4.79 Å². The number of carbonyl (C=O) groups is 2.